The van der Waals surface area contributed by atoms with Crippen molar-refractivity contribution in [1.82, 2.24) is 15.5 Å². The third-order valence-electron chi connectivity index (χ3n) is 5.23. The van der Waals surface area contributed by atoms with E-state index in [0.717, 1.165) is 44.3 Å². The molecule has 2 aromatic rings. The number of ether oxygens (including phenoxy) is 1. The van der Waals surface area contributed by atoms with Gasteiger partial charge in [0.2, 0.25) is 0 Å². The lowest BCUT2D eigenvalue weighted by Gasteiger charge is -2.24. The van der Waals surface area contributed by atoms with Crippen molar-refractivity contribution in [2.75, 3.05) is 39.3 Å². The Kier molecular flexibility index (Phi) is 8.78. The van der Waals surface area contributed by atoms with E-state index in [9.17, 15) is 4.79 Å². The highest BCUT2D eigenvalue weighted by Crippen LogP contribution is 2.25. The minimum absolute atomic E-state index is 0.111. The molecule has 1 saturated heterocycles. The van der Waals surface area contributed by atoms with Crippen LogP contribution in [0, 0.1) is 0 Å². The second kappa shape index (κ2) is 12.0. The van der Waals surface area contributed by atoms with E-state index in [-0.39, 0.29) is 12.6 Å². The molecule has 1 unspecified atom stereocenters. The van der Waals surface area contributed by atoms with Gasteiger partial charge in [0.05, 0.1) is 18.8 Å². The van der Waals surface area contributed by atoms with Gasteiger partial charge in [-0.15, -0.1) is 0 Å². The van der Waals surface area contributed by atoms with Crippen molar-refractivity contribution in [2.24, 2.45) is 10.7 Å². The zero-order valence-corrected chi connectivity index (χ0v) is 18.2. The lowest BCUT2D eigenvalue weighted by Crippen LogP contribution is -2.39. The van der Waals surface area contributed by atoms with Gasteiger partial charge in [-0.3, -0.25) is 14.7 Å². The molecule has 8 heteroatoms. The number of benzene rings is 1. The number of rotatable bonds is 11. The number of amides is 1. The van der Waals surface area contributed by atoms with Gasteiger partial charge in [0.1, 0.15) is 11.5 Å². The Morgan fingerprint density at radius 3 is 2.65 bits per heavy atom. The first-order valence-electron chi connectivity index (χ1n) is 11.0. The molecule has 3 rings (SSSR count). The summed E-state index contributed by atoms with van der Waals surface area (Å²) in [6.07, 6.45) is 5.03. The van der Waals surface area contributed by atoms with Crippen molar-refractivity contribution in [3.63, 3.8) is 0 Å². The molecule has 0 bridgehead atoms. The van der Waals surface area contributed by atoms with Crippen molar-refractivity contribution < 1.29 is 13.9 Å². The zero-order chi connectivity index (χ0) is 21.9. The molecule has 1 atom stereocenters. The summed E-state index contributed by atoms with van der Waals surface area (Å²) in [4.78, 5) is 18.1. The molecule has 4 N–H and O–H groups in total. The first-order chi connectivity index (χ1) is 15.2. The van der Waals surface area contributed by atoms with Gasteiger partial charge in [0.15, 0.2) is 12.6 Å². The molecule has 1 aromatic heterocycles. The van der Waals surface area contributed by atoms with Crippen molar-refractivity contribution in [3.8, 4) is 5.75 Å². The Morgan fingerprint density at radius 2 is 2.00 bits per heavy atom. The first kappa shape index (κ1) is 22.7. The highest BCUT2D eigenvalue weighted by molar-refractivity contribution is 5.79. The van der Waals surface area contributed by atoms with E-state index in [1.54, 1.807) is 6.26 Å². The van der Waals surface area contributed by atoms with Crippen LogP contribution in [-0.4, -0.2) is 56.1 Å². The summed E-state index contributed by atoms with van der Waals surface area (Å²) in [5.74, 6) is 1.93. The van der Waals surface area contributed by atoms with Crippen LogP contribution in [0.1, 0.15) is 37.1 Å². The maximum absolute atomic E-state index is 10.8. The third-order valence-corrected chi connectivity index (χ3v) is 5.23. The second-order valence-electron chi connectivity index (χ2n) is 7.57. The number of carbonyl (C=O) groups is 1. The molecule has 1 amide bonds. The number of likely N-dealkylation sites (tertiary alicyclic amines) is 1. The molecule has 31 heavy (non-hydrogen) atoms. The number of nitrogens with one attached hydrogen (secondary N) is 2. The van der Waals surface area contributed by atoms with Crippen LogP contribution in [0.3, 0.4) is 0 Å². The van der Waals surface area contributed by atoms with Gasteiger partial charge in [0.25, 0.3) is 5.91 Å². The number of aliphatic imine (C=N–C) groups is 1. The molecule has 2 heterocycles. The maximum Gasteiger partial charge on any atom is 0.255 e. The van der Waals surface area contributed by atoms with Crippen molar-refractivity contribution in [3.05, 3.63) is 54.0 Å². The lowest BCUT2D eigenvalue weighted by molar-refractivity contribution is -0.119. The molecule has 1 aromatic carbocycles. The van der Waals surface area contributed by atoms with E-state index in [2.05, 4.69) is 22.5 Å². The molecule has 0 saturated carbocycles. The van der Waals surface area contributed by atoms with Gasteiger partial charge in [0, 0.05) is 13.1 Å². The van der Waals surface area contributed by atoms with Gasteiger partial charge in [-0.25, -0.2) is 0 Å². The molecule has 168 valence electrons. The number of hydrogen-bond donors (Lipinski definition) is 3. The standard InChI is InChI=1S/C23H33N5O3/c1-2-25-23(26-12-11-18-7-9-19(10-8-18)31-17-22(24)29)27-16-20(21-6-5-15-30-21)28-13-3-4-14-28/h5-10,15,20H,2-4,11-14,16-17H2,1H3,(H2,24,29)(H2,25,26,27). The number of furan rings is 1. The average Bonchev–Trinajstić information content (AvgIpc) is 3.48. The molecule has 1 fully saturated rings. The molecule has 0 aliphatic carbocycles. The van der Waals surface area contributed by atoms with E-state index < -0.39 is 5.91 Å². The average molecular weight is 428 g/mol. The van der Waals surface area contributed by atoms with E-state index in [1.165, 1.54) is 18.4 Å². The van der Waals surface area contributed by atoms with Crippen molar-refractivity contribution in [1.29, 1.82) is 0 Å². The maximum atomic E-state index is 10.8. The minimum atomic E-state index is -0.484. The molecule has 8 nitrogen and oxygen atoms in total. The second-order valence-corrected chi connectivity index (χ2v) is 7.57. The summed E-state index contributed by atoms with van der Waals surface area (Å²) < 4.78 is 11.0. The van der Waals surface area contributed by atoms with Gasteiger partial charge >= 0.3 is 0 Å². The summed E-state index contributed by atoms with van der Waals surface area (Å²) in [6.45, 7) is 6.32. The Balaban J connectivity index is 1.52. The first-order valence-corrected chi connectivity index (χ1v) is 11.0. The van der Waals surface area contributed by atoms with Crippen LogP contribution in [0.5, 0.6) is 5.75 Å². The molecular weight excluding hydrogens is 394 g/mol. The van der Waals surface area contributed by atoms with Gasteiger partial charge in [-0.2, -0.15) is 0 Å². The van der Waals surface area contributed by atoms with E-state index >= 15 is 0 Å². The summed E-state index contributed by atoms with van der Waals surface area (Å²) in [6, 6.07) is 11.8. The fourth-order valence-electron chi connectivity index (χ4n) is 3.67. The van der Waals surface area contributed by atoms with Crippen molar-refractivity contribution >= 4 is 11.9 Å². The Labute approximate surface area is 183 Å². The van der Waals surface area contributed by atoms with Crippen LogP contribution in [0.15, 0.2) is 52.1 Å². The topological polar surface area (TPSA) is 105 Å². The van der Waals surface area contributed by atoms with E-state index in [4.69, 9.17) is 19.9 Å². The molecular formula is C23H33N5O3. The fourth-order valence-corrected chi connectivity index (χ4v) is 3.67. The Bertz CT molecular complexity index is 814. The van der Waals surface area contributed by atoms with Crippen LogP contribution in [-0.2, 0) is 11.2 Å². The SMILES string of the molecule is CCNC(=NCC(c1ccco1)N1CCCC1)NCCc1ccc(OCC(N)=O)cc1. The highest BCUT2D eigenvalue weighted by atomic mass is 16.5. The molecule has 0 spiro atoms. The third kappa shape index (κ3) is 7.32. The quantitative estimate of drug-likeness (QED) is 0.375. The molecule has 0 radical (unpaired) electrons. The van der Waals surface area contributed by atoms with Crippen LogP contribution in [0.2, 0.25) is 0 Å². The van der Waals surface area contributed by atoms with Crippen molar-refractivity contribution in [2.45, 2.75) is 32.2 Å². The number of nitrogens with zero attached hydrogens (tertiary/aromatic N) is 2. The van der Waals surface area contributed by atoms with Crippen LogP contribution in [0.25, 0.3) is 0 Å². The number of nitrogens with two attached hydrogens (primary N) is 1. The van der Waals surface area contributed by atoms with E-state index in [0.29, 0.717) is 12.3 Å². The predicted molar refractivity (Wildman–Crippen MR) is 121 cm³/mol. The monoisotopic (exact) mass is 427 g/mol. The predicted octanol–water partition coefficient (Wildman–Crippen LogP) is 2.08. The minimum Gasteiger partial charge on any atom is -0.484 e. The van der Waals surface area contributed by atoms with Gasteiger partial charge in [-0.1, -0.05) is 12.1 Å². The number of carbonyl (C=O) groups excluding carboxylic acids is 1. The fraction of sp³-hybridized carbons (Fsp3) is 0.478. The summed E-state index contributed by atoms with van der Waals surface area (Å²) in [7, 11) is 0. The van der Waals surface area contributed by atoms with E-state index in [1.807, 2.05) is 36.4 Å². The zero-order valence-electron chi connectivity index (χ0n) is 18.2. The number of primary amides is 1. The van der Waals surface area contributed by atoms with Crippen LogP contribution in [0.4, 0.5) is 0 Å². The molecule has 1 aliphatic rings. The Hall–Kier alpha value is -3.00. The summed E-state index contributed by atoms with van der Waals surface area (Å²) >= 11 is 0. The number of hydrogen-bond acceptors (Lipinski definition) is 5. The van der Waals surface area contributed by atoms with Gasteiger partial charge in [-0.05, 0) is 69.1 Å². The summed E-state index contributed by atoms with van der Waals surface area (Å²) in [5.41, 5.74) is 6.26. The smallest absolute Gasteiger partial charge is 0.255 e. The summed E-state index contributed by atoms with van der Waals surface area (Å²) in [5, 5.41) is 6.73. The normalized spacial score (nSPS) is 15.6. The van der Waals surface area contributed by atoms with Crippen LogP contribution < -0.4 is 21.1 Å². The Morgan fingerprint density at radius 1 is 1.23 bits per heavy atom. The lowest BCUT2D eigenvalue weighted by atomic mass is 10.1. The largest absolute Gasteiger partial charge is 0.484 e. The highest BCUT2D eigenvalue weighted by Gasteiger charge is 2.25. The van der Waals surface area contributed by atoms with Gasteiger partial charge < -0.3 is 25.5 Å². The number of guanidine groups is 1. The molecule has 1 aliphatic heterocycles. The van der Waals surface area contributed by atoms with Crippen LogP contribution >= 0.6 is 0 Å².